The Hall–Kier alpha value is -2.29. The van der Waals surface area contributed by atoms with E-state index in [4.69, 9.17) is 4.74 Å². The Morgan fingerprint density at radius 3 is 2.59 bits per heavy atom. The number of carbonyl (C=O) groups excluding carboxylic acids is 1. The molecule has 0 N–H and O–H groups in total. The van der Waals surface area contributed by atoms with Gasteiger partial charge in [0.25, 0.3) is 5.91 Å². The van der Waals surface area contributed by atoms with Crippen molar-refractivity contribution >= 4 is 11.6 Å². The number of amides is 1. The molecular weight excluding hydrogens is 274 g/mol. The van der Waals surface area contributed by atoms with Gasteiger partial charge in [0, 0.05) is 11.7 Å². The van der Waals surface area contributed by atoms with Crippen LogP contribution in [0, 0.1) is 0 Å². The molecule has 3 heteroatoms. The second-order valence-electron chi connectivity index (χ2n) is 5.72. The van der Waals surface area contributed by atoms with Crippen molar-refractivity contribution < 1.29 is 9.53 Å². The molecule has 2 aromatic rings. The number of carbonyl (C=O) groups is 1. The summed E-state index contributed by atoms with van der Waals surface area (Å²) in [6, 6.07) is 17.8. The van der Waals surface area contributed by atoms with Crippen LogP contribution in [0.15, 0.2) is 54.6 Å². The van der Waals surface area contributed by atoms with E-state index in [1.807, 2.05) is 60.4 Å². The van der Waals surface area contributed by atoms with E-state index in [9.17, 15) is 4.79 Å². The number of ether oxygens (including phenoxy) is 1. The highest BCUT2D eigenvalue weighted by Crippen LogP contribution is 2.33. The molecule has 1 heterocycles. The van der Waals surface area contributed by atoms with Gasteiger partial charge in [-0.15, -0.1) is 0 Å². The topological polar surface area (TPSA) is 29.5 Å². The third kappa shape index (κ3) is 2.71. The minimum atomic E-state index is -0.448. The van der Waals surface area contributed by atoms with Gasteiger partial charge in [-0.3, -0.25) is 4.79 Å². The summed E-state index contributed by atoms with van der Waals surface area (Å²) < 4.78 is 5.91. The van der Waals surface area contributed by atoms with Gasteiger partial charge >= 0.3 is 0 Å². The van der Waals surface area contributed by atoms with Gasteiger partial charge in [0.05, 0.1) is 0 Å². The van der Waals surface area contributed by atoms with E-state index in [1.165, 1.54) is 5.56 Å². The van der Waals surface area contributed by atoms with Crippen LogP contribution >= 0.6 is 0 Å². The first-order chi connectivity index (χ1) is 10.7. The van der Waals surface area contributed by atoms with Crippen molar-refractivity contribution in [2.45, 2.75) is 38.8 Å². The Morgan fingerprint density at radius 1 is 1.18 bits per heavy atom. The summed E-state index contributed by atoms with van der Waals surface area (Å²) >= 11 is 0. The Kier molecular flexibility index (Phi) is 4.14. The van der Waals surface area contributed by atoms with Crippen molar-refractivity contribution in [3.05, 3.63) is 60.2 Å². The molecule has 0 spiro atoms. The van der Waals surface area contributed by atoms with Crippen LogP contribution in [-0.4, -0.2) is 18.1 Å². The van der Waals surface area contributed by atoms with Crippen LogP contribution in [0.2, 0.25) is 0 Å². The lowest BCUT2D eigenvalue weighted by Crippen LogP contribution is -2.44. The van der Waals surface area contributed by atoms with Gasteiger partial charge in [-0.05, 0) is 43.5 Å². The fourth-order valence-electron chi connectivity index (χ4n) is 3.03. The summed E-state index contributed by atoms with van der Waals surface area (Å²) in [5.41, 5.74) is 2.26. The summed E-state index contributed by atoms with van der Waals surface area (Å²) in [4.78, 5) is 14.9. The van der Waals surface area contributed by atoms with E-state index in [0.29, 0.717) is 6.42 Å². The van der Waals surface area contributed by atoms with Crippen LogP contribution in [0.5, 0.6) is 5.75 Å². The monoisotopic (exact) mass is 295 g/mol. The van der Waals surface area contributed by atoms with Crippen LogP contribution in [0.3, 0.4) is 0 Å². The van der Waals surface area contributed by atoms with Crippen LogP contribution in [0.25, 0.3) is 0 Å². The van der Waals surface area contributed by atoms with Crippen LogP contribution in [0.1, 0.15) is 25.8 Å². The van der Waals surface area contributed by atoms with E-state index in [-0.39, 0.29) is 11.9 Å². The number of benzene rings is 2. The third-order valence-corrected chi connectivity index (χ3v) is 4.11. The molecule has 0 aliphatic carbocycles. The van der Waals surface area contributed by atoms with Crippen LogP contribution < -0.4 is 9.64 Å². The Labute approximate surface area is 131 Å². The van der Waals surface area contributed by atoms with E-state index in [1.54, 1.807) is 0 Å². The number of anilines is 1. The highest BCUT2D eigenvalue weighted by Gasteiger charge is 2.34. The maximum absolute atomic E-state index is 13.0. The normalized spacial score (nSPS) is 17.9. The average Bonchev–Trinajstić information content (AvgIpc) is 2.88. The van der Waals surface area contributed by atoms with E-state index in [0.717, 1.165) is 17.9 Å². The van der Waals surface area contributed by atoms with Crippen molar-refractivity contribution in [3.8, 4) is 5.75 Å². The highest BCUT2D eigenvalue weighted by molar-refractivity contribution is 5.99. The number of hydrogen-bond donors (Lipinski definition) is 0. The lowest BCUT2D eigenvalue weighted by molar-refractivity contribution is -0.125. The lowest BCUT2D eigenvalue weighted by Gasteiger charge is -2.27. The van der Waals surface area contributed by atoms with Gasteiger partial charge in [0.2, 0.25) is 0 Å². The molecule has 114 valence electrons. The van der Waals surface area contributed by atoms with Gasteiger partial charge in [-0.2, -0.15) is 0 Å². The quantitative estimate of drug-likeness (QED) is 0.858. The van der Waals surface area contributed by atoms with Gasteiger partial charge < -0.3 is 9.64 Å². The van der Waals surface area contributed by atoms with Crippen molar-refractivity contribution in [1.82, 2.24) is 0 Å². The minimum absolute atomic E-state index is 0.0452. The average molecular weight is 295 g/mol. The van der Waals surface area contributed by atoms with Gasteiger partial charge in [0.1, 0.15) is 5.75 Å². The molecule has 2 atom stereocenters. The SMILES string of the molecule is CCC(Oc1ccccc1)C(=O)N1c2ccccc2CC1C. The fourth-order valence-corrected chi connectivity index (χ4v) is 3.03. The van der Waals surface area contributed by atoms with Gasteiger partial charge in [-0.25, -0.2) is 0 Å². The summed E-state index contributed by atoms with van der Waals surface area (Å²) in [6.07, 6.45) is 1.11. The molecule has 0 saturated carbocycles. The molecule has 3 nitrogen and oxygen atoms in total. The molecule has 22 heavy (non-hydrogen) atoms. The molecule has 0 aromatic heterocycles. The fraction of sp³-hybridized carbons (Fsp3) is 0.316. The predicted molar refractivity (Wildman–Crippen MR) is 88.2 cm³/mol. The Bertz CT molecular complexity index is 653. The first-order valence-corrected chi connectivity index (χ1v) is 7.83. The largest absolute Gasteiger partial charge is 0.481 e. The molecule has 2 aromatic carbocycles. The molecule has 3 rings (SSSR count). The smallest absolute Gasteiger partial charge is 0.268 e. The maximum atomic E-state index is 13.0. The summed E-state index contributed by atoms with van der Waals surface area (Å²) in [5, 5.41) is 0. The second kappa shape index (κ2) is 6.22. The Morgan fingerprint density at radius 2 is 1.86 bits per heavy atom. The number of fused-ring (bicyclic) bond motifs is 1. The minimum Gasteiger partial charge on any atom is -0.481 e. The molecule has 1 amide bonds. The number of hydrogen-bond acceptors (Lipinski definition) is 2. The van der Waals surface area contributed by atoms with Gasteiger partial charge in [-0.1, -0.05) is 43.3 Å². The number of nitrogens with zero attached hydrogens (tertiary/aromatic N) is 1. The second-order valence-corrected chi connectivity index (χ2v) is 5.72. The standard InChI is InChI=1S/C19H21NO2/c1-3-18(22-16-10-5-4-6-11-16)19(21)20-14(2)13-15-9-7-8-12-17(15)20/h4-12,14,18H,3,13H2,1-2H3. The zero-order valence-corrected chi connectivity index (χ0v) is 13.0. The number of para-hydroxylation sites is 2. The molecule has 0 radical (unpaired) electrons. The Balaban J connectivity index is 1.83. The molecule has 1 aliphatic heterocycles. The third-order valence-electron chi connectivity index (χ3n) is 4.11. The molecule has 0 saturated heterocycles. The molecule has 2 unspecified atom stereocenters. The molecular formula is C19H21NO2. The van der Waals surface area contributed by atoms with E-state index in [2.05, 4.69) is 13.0 Å². The first-order valence-electron chi connectivity index (χ1n) is 7.83. The van der Waals surface area contributed by atoms with Crippen LogP contribution in [-0.2, 0) is 11.2 Å². The molecule has 1 aliphatic rings. The highest BCUT2D eigenvalue weighted by atomic mass is 16.5. The summed E-state index contributed by atoms with van der Waals surface area (Å²) in [5.74, 6) is 0.784. The molecule has 0 bridgehead atoms. The number of rotatable bonds is 4. The first kappa shape index (κ1) is 14.6. The van der Waals surface area contributed by atoms with Crippen molar-refractivity contribution in [3.63, 3.8) is 0 Å². The zero-order valence-electron chi connectivity index (χ0n) is 13.0. The van der Waals surface area contributed by atoms with Crippen molar-refractivity contribution in [1.29, 1.82) is 0 Å². The van der Waals surface area contributed by atoms with Gasteiger partial charge in [0.15, 0.2) is 6.10 Å². The zero-order chi connectivity index (χ0) is 15.5. The maximum Gasteiger partial charge on any atom is 0.268 e. The van der Waals surface area contributed by atoms with E-state index < -0.39 is 6.10 Å². The lowest BCUT2D eigenvalue weighted by atomic mass is 10.1. The predicted octanol–water partition coefficient (Wildman–Crippen LogP) is 3.82. The molecule has 0 fully saturated rings. The van der Waals surface area contributed by atoms with Crippen molar-refractivity contribution in [2.24, 2.45) is 0 Å². The van der Waals surface area contributed by atoms with Crippen molar-refractivity contribution in [2.75, 3.05) is 4.90 Å². The summed E-state index contributed by atoms with van der Waals surface area (Å²) in [6.45, 7) is 4.07. The van der Waals surface area contributed by atoms with E-state index >= 15 is 0 Å². The van der Waals surface area contributed by atoms with Crippen LogP contribution in [0.4, 0.5) is 5.69 Å². The summed E-state index contributed by atoms with van der Waals surface area (Å²) in [7, 11) is 0.